The molecular formula is C14H16N2O12S. The van der Waals surface area contributed by atoms with Crippen LogP contribution in [0.25, 0.3) is 0 Å². The van der Waals surface area contributed by atoms with E-state index in [9.17, 15) is 37.2 Å². The third kappa shape index (κ3) is 6.41. The highest BCUT2D eigenvalue weighted by molar-refractivity contribution is 7.91. The second-order valence-electron chi connectivity index (χ2n) is 5.70. The monoisotopic (exact) mass is 436 g/mol. The average molecular weight is 436 g/mol. The van der Waals surface area contributed by atoms with Crippen LogP contribution in [0.3, 0.4) is 0 Å². The lowest BCUT2D eigenvalue weighted by atomic mass is 10.4. The summed E-state index contributed by atoms with van der Waals surface area (Å²) in [7, 11) is -3.83. The Kier molecular flexibility index (Phi) is 7.08. The molecule has 0 saturated carbocycles. The number of nitrogens with zero attached hydrogens (tertiary/aromatic N) is 2. The van der Waals surface area contributed by atoms with E-state index >= 15 is 0 Å². The van der Waals surface area contributed by atoms with Crippen molar-refractivity contribution in [3.63, 3.8) is 0 Å². The summed E-state index contributed by atoms with van der Waals surface area (Å²) in [6, 6.07) is 0. The van der Waals surface area contributed by atoms with Crippen molar-refractivity contribution in [3.05, 3.63) is 0 Å². The molecule has 0 spiro atoms. The molecule has 0 atom stereocenters. The first kappa shape index (κ1) is 22.1. The van der Waals surface area contributed by atoms with Crippen LogP contribution in [0.1, 0.15) is 25.7 Å². The summed E-state index contributed by atoms with van der Waals surface area (Å²) in [5.41, 5.74) is 0. The van der Waals surface area contributed by atoms with Gasteiger partial charge in [-0.25, -0.2) is 18.0 Å². The van der Waals surface area contributed by atoms with Crippen molar-refractivity contribution >= 4 is 45.8 Å². The van der Waals surface area contributed by atoms with Gasteiger partial charge in [-0.05, 0) is 0 Å². The van der Waals surface area contributed by atoms with Gasteiger partial charge in [-0.2, -0.15) is 0 Å². The molecule has 0 N–H and O–H groups in total. The minimum Gasteiger partial charge on any atom is -0.432 e. The number of carbonyl (C=O) groups is 6. The topological polar surface area (TPSA) is 180 Å². The number of hydrogen-bond acceptors (Lipinski definition) is 12. The van der Waals surface area contributed by atoms with E-state index in [1.54, 1.807) is 0 Å². The number of sulfone groups is 1. The van der Waals surface area contributed by atoms with Crippen molar-refractivity contribution < 1.29 is 56.3 Å². The van der Waals surface area contributed by atoms with E-state index in [0.29, 0.717) is 0 Å². The van der Waals surface area contributed by atoms with Gasteiger partial charge >= 0.3 is 12.3 Å². The van der Waals surface area contributed by atoms with Crippen molar-refractivity contribution in [1.29, 1.82) is 0 Å². The van der Waals surface area contributed by atoms with Gasteiger partial charge in [-0.1, -0.05) is 10.1 Å². The second-order valence-corrected chi connectivity index (χ2v) is 8.00. The Bertz CT molecular complexity index is 742. The number of rotatable bonds is 8. The summed E-state index contributed by atoms with van der Waals surface area (Å²) in [5, 5.41) is 0.484. The Labute approximate surface area is 163 Å². The first-order valence-electron chi connectivity index (χ1n) is 8.20. The number of hydroxylamine groups is 4. The molecule has 29 heavy (non-hydrogen) atoms. The summed E-state index contributed by atoms with van der Waals surface area (Å²) < 4.78 is 32.5. The largest absolute Gasteiger partial charge is 0.533 e. The Morgan fingerprint density at radius 3 is 1.31 bits per heavy atom. The fourth-order valence-corrected chi connectivity index (χ4v) is 3.00. The smallest absolute Gasteiger partial charge is 0.432 e. The molecule has 2 heterocycles. The lowest BCUT2D eigenvalue weighted by Gasteiger charge is -2.13. The maximum atomic E-state index is 11.8. The van der Waals surface area contributed by atoms with Gasteiger partial charge in [0.2, 0.25) is 0 Å². The third-order valence-corrected chi connectivity index (χ3v) is 5.15. The summed E-state index contributed by atoms with van der Waals surface area (Å²) in [6.45, 7) is -1.28. The molecule has 0 aromatic carbocycles. The van der Waals surface area contributed by atoms with Crippen molar-refractivity contribution in [2.45, 2.75) is 25.7 Å². The molecule has 160 valence electrons. The molecule has 14 nitrogen and oxygen atoms in total. The molecule has 0 aliphatic carbocycles. The second kappa shape index (κ2) is 9.31. The van der Waals surface area contributed by atoms with E-state index in [-0.39, 0.29) is 35.8 Å². The maximum absolute atomic E-state index is 11.8. The van der Waals surface area contributed by atoms with E-state index in [1.165, 1.54) is 0 Å². The Morgan fingerprint density at radius 1 is 0.690 bits per heavy atom. The van der Waals surface area contributed by atoms with Crippen molar-refractivity contribution in [3.8, 4) is 0 Å². The fourth-order valence-electron chi connectivity index (χ4n) is 2.12. The highest BCUT2D eigenvalue weighted by Gasteiger charge is 2.34. The Morgan fingerprint density at radius 2 is 1.00 bits per heavy atom. The van der Waals surface area contributed by atoms with Gasteiger partial charge < -0.3 is 9.47 Å². The Balaban J connectivity index is 1.64. The van der Waals surface area contributed by atoms with Gasteiger partial charge in [-0.15, -0.1) is 0 Å². The van der Waals surface area contributed by atoms with Crippen molar-refractivity contribution in [1.82, 2.24) is 10.1 Å². The molecule has 2 fully saturated rings. The fraction of sp³-hybridized carbons (Fsp3) is 0.571. The summed E-state index contributed by atoms with van der Waals surface area (Å²) in [6.07, 6.45) is -3.29. The van der Waals surface area contributed by atoms with Crippen LogP contribution in [0.2, 0.25) is 0 Å². The van der Waals surface area contributed by atoms with Gasteiger partial charge in [-0.3, -0.25) is 28.9 Å². The number of amides is 4. The standard InChI is InChI=1S/C14H16N2O12S/c17-9-1-2-10(18)15(9)27-13(21)25-5-7-29(23,24)8-6-26-14(22)28-16-11(19)3-4-12(16)20/h1-8H2. The molecule has 2 saturated heterocycles. The molecule has 4 amide bonds. The zero-order valence-corrected chi connectivity index (χ0v) is 15.7. The van der Waals surface area contributed by atoms with Crippen LogP contribution >= 0.6 is 0 Å². The van der Waals surface area contributed by atoms with Crippen LogP contribution in [0.15, 0.2) is 0 Å². The van der Waals surface area contributed by atoms with E-state index in [1.807, 2.05) is 0 Å². The van der Waals surface area contributed by atoms with Gasteiger partial charge in [0.25, 0.3) is 23.6 Å². The zero-order valence-electron chi connectivity index (χ0n) is 14.9. The highest BCUT2D eigenvalue weighted by atomic mass is 32.2. The van der Waals surface area contributed by atoms with Gasteiger partial charge in [0.1, 0.15) is 13.2 Å². The predicted molar refractivity (Wildman–Crippen MR) is 85.7 cm³/mol. The molecule has 2 rings (SSSR count). The first-order valence-corrected chi connectivity index (χ1v) is 10.0. The van der Waals surface area contributed by atoms with E-state index in [2.05, 4.69) is 19.1 Å². The number of carbonyl (C=O) groups excluding carboxylic acids is 6. The normalized spacial score (nSPS) is 17.0. The van der Waals surface area contributed by atoms with E-state index in [0.717, 1.165) is 0 Å². The predicted octanol–water partition coefficient (Wildman–Crippen LogP) is -1.16. The molecule has 0 unspecified atom stereocenters. The molecule has 2 aliphatic rings. The SMILES string of the molecule is O=C(OCCS(=O)(=O)CCOC(=O)ON1C(=O)CCC1=O)ON1C(=O)CCC1=O. The first-order chi connectivity index (χ1) is 13.6. The van der Waals surface area contributed by atoms with E-state index < -0.39 is 70.5 Å². The van der Waals surface area contributed by atoms with Crippen LogP contribution in [-0.2, 0) is 48.2 Å². The molecule has 0 aromatic heterocycles. The molecule has 0 bridgehead atoms. The summed E-state index contributed by atoms with van der Waals surface area (Å²) in [4.78, 5) is 76.5. The number of ether oxygens (including phenoxy) is 2. The average Bonchev–Trinajstić information content (AvgIpc) is 3.11. The molecule has 15 heteroatoms. The Hall–Kier alpha value is -3.23. The van der Waals surface area contributed by atoms with Gasteiger partial charge in [0, 0.05) is 25.7 Å². The minimum atomic E-state index is -3.83. The van der Waals surface area contributed by atoms with Gasteiger partial charge in [0.15, 0.2) is 9.84 Å². The molecular weight excluding hydrogens is 420 g/mol. The lowest BCUT2D eigenvalue weighted by Crippen LogP contribution is -2.33. The summed E-state index contributed by atoms with van der Waals surface area (Å²) in [5.74, 6) is -4.21. The minimum absolute atomic E-state index is 0.108. The van der Waals surface area contributed by atoms with Crippen molar-refractivity contribution in [2.75, 3.05) is 24.7 Å². The van der Waals surface area contributed by atoms with Gasteiger partial charge in [0.05, 0.1) is 11.5 Å². The highest BCUT2D eigenvalue weighted by Crippen LogP contribution is 2.13. The van der Waals surface area contributed by atoms with Crippen LogP contribution < -0.4 is 0 Å². The van der Waals surface area contributed by atoms with Crippen LogP contribution in [-0.4, -0.2) is 79.2 Å². The quantitative estimate of drug-likeness (QED) is 0.329. The zero-order chi connectivity index (χ0) is 21.6. The molecule has 0 aromatic rings. The maximum Gasteiger partial charge on any atom is 0.533 e. The number of hydrogen-bond donors (Lipinski definition) is 0. The van der Waals surface area contributed by atoms with Crippen LogP contribution in [0.5, 0.6) is 0 Å². The molecule has 2 aliphatic heterocycles. The van der Waals surface area contributed by atoms with Crippen molar-refractivity contribution in [2.24, 2.45) is 0 Å². The van der Waals surface area contributed by atoms with Crippen LogP contribution in [0.4, 0.5) is 9.59 Å². The molecule has 0 radical (unpaired) electrons. The van der Waals surface area contributed by atoms with Crippen LogP contribution in [0, 0.1) is 0 Å². The van der Waals surface area contributed by atoms with E-state index in [4.69, 9.17) is 0 Å². The summed E-state index contributed by atoms with van der Waals surface area (Å²) >= 11 is 0. The third-order valence-electron chi connectivity index (χ3n) is 3.57. The number of imide groups is 2. The lowest BCUT2D eigenvalue weighted by molar-refractivity contribution is -0.177.